The number of carbonyl (C=O) groups is 1. The molecule has 0 saturated heterocycles. The Balaban J connectivity index is 1.50. The highest BCUT2D eigenvalue weighted by Gasteiger charge is 2.41. The molecular weight excluding hydrogens is 487 g/mol. The van der Waals surface area contributed by atoms with Gasteiger partial charge in [0.25, 0.3) is 0 Å². The molecule has 1 amide bonds. The van der Waals surface area contributed by atoms with Crippen LogP contribution in [-0.2, 0) is 10.3 Å². The van der Waals surface area contributed by atoms with Crippen LogP contribution in [0.4, 0.5) is 35.2 Å². The lowest BCUT2D eigenvalue weighted by Crippen LogP contribution is -2.52. The van der Waals surface area contributed by atoms with Crippen LogP contribution < -0.4 is 21.1 Å². The molecule has 0 radical (unpaired) electrons. The number of benzene rings is 2. The first-order valence-electron chi connectivity index (χ1n) is 11.7. The fourth-order valence-electron chi connectivity index (χ4n) is 3.99. The number of aromatic nitrogens is 2. The van der Waals surface area contributed by atoms with Gasteiger partial charge in [-0.15, -0.1) is 13.2 Å². The molecule has 1 aliphatic rings. The van der Waals surface area contributed by atoms with E-state index in [-0.39, 0.29) is 17.3 Å². The molecule has 8 nitrogen and oxygen atoms in total. The van der Waals surface area contributed by atoms with Gasteiger partial charge in [0.15, 0.2) is 11.6 Å². The number of ether oxygens (including phenoxy) is 2. The van der Waals surface area contributed by atoms with Gasteiger partial charge in [-0.3, -0.25) is 0 Å². The number of nitrogens with zero attached hydrogens (tertiary/aromatic N) is 2. The molecule has 4 N–H and O–H groups in total. The first-order chi connectivity index (χ1) is 17.3. The van der Waals surface area contributed by atoms with Crippen LogP contribution >= 0.6 is 0 Å². The van der Waals surface area contributed by atoms with Gasteiger partial charge in [-0.1, -0.05) is 24.3 Å². The largest absolute Gasteiger partial charge is 0.573 e. The second-order valence-electron chi connectivity index (χ2n) is 9.84. The molecule has 0 spiro atoms. The van der Waals surface area contributed by atoms with Crippen LogP contribution in [0.2, 0.25) is 0 Å². The molecule has 11 heteroatoms. The van der Waals surface area contributed by atoms with E-state index < -0.39 is 23.6 Å². The smallest absolute Gasteiger partial charge is 0.444 e. The molecule has 0 unspecified atom stereocenters. The molecule has 0 atom stereocenters. The third-order valence-corrected chi connectivity index (χ3v) is 5.79. The van der Waals surface area contributed by atoms with Crippen LogP contribution in [0.5, 0.6) is 5.75 Å². The number of hydrogen-bond acceptors (Lipinski definition) is 7. The lowest BCUT2D eigenvalue weighted by molar-refractivity contribution is -0.274. The Morgan fingerprint density at radius 3 is 2.38 bits per heavy atom. The van der Waals surface area contributed by atoms with Crippen LogP contribution in [0.3, 0.4) is 0 Å². The van der Waals surface area contributed by atoms with Crippen molar-refractivity contribution in [3.63, 3.8) is 0 Å². The number of anilines is 3. The van der Waals surface area contributed by atoms with Crippen molar-refractivity contribution in [2.45, 2.75) is 57.5 Å². The Kier molecular flexibility index (Phi) is 6.90. The highest BCUT2D eigenvalue weighted by Crippen LogP contribution is 2.42. The van der Waals surface area contributed by atoms with Crippen molar-refractivity contribution >= 4 is 23.3 Å². The van der Waals surface area contributed by atoms with Crippen molar-refractivity contribution in [1.82, 2.24) is 15.3 Å². The van der Waals surface area contributed by atoms with Crippen LogP contribution in [0.1, 0.15) is 45.6 Å². The highest BCUT2D eigenvalue weighted by molar-refractivity contribution is 5.72. The average Bonchev–Trinajstić information content (AvgIpc) is 2.76. The zero-order chi connectivity index (χ0) is 26.8. The summed E-state index contributed by atoms with van der Waals surface area (Å²) in [6.07, 6.45) is -1.28. The Morgan fingerprint density at radius 1 is 1.08 bits per heavy atom. The molecule has 2 aromatic carbocycles. The zero-order valence-corrected chi connectivity index (χ0v) is 20.6. The third kappa shape index (κ3) is 6.60. The summed E-state index contributed by atoms with van der Waals surface area (Å²) in [6.45, 7) is 5.45. The lowest BCUT2D eigenvalue weighted by atomic mass is 9.72. The van der Waals surface area contributed by atoms with Crippen molar-refractivity contribution in [2.75, 3.05) is 11.1 Å². The minimum atomic E-state index is -4.81. The predicted molar refractivity (Wildman–Crippen MR) is 133 cm³/mol. The minimum Gasteiger partial charge on any atom is -0.444 e. The van der Waals surface area contributed by atoms with E-state index in [1.54, 1.807) is 6.07 Å². The van der Waals surface area contributed by atoms with E-state index in [1.807, 2.05) is 45.0 Å². The quantitative estimate of drug-likeness (QED) is 0.355. The number of halogens is 3. The fourth-order valence-corrected chi connectivity index (χ4v) is 3.99. The number of carbonyl (C=O) groups excluding carboxylic acids is 1. The van der Waals surface area contributed by atoms with Crippen molar-refractivity contribution in [2.24, 2.45) is 0 Å². The Bertz CT molecular complexity index is 1270. The number of nitrogen functional groups attached to an aromatic ring is 1. The molecule has 1 aliphatic carbocycles. The first-order valence-corrected chi connectivity index (χ1v) is 11.7. The summed E-state index contributed by atoms with van der Waals surface area (Å²) in [5, 5.41) is 6.14. The summed E-state index contributed by atoms with van der Waals surface area (Å²) in [6, 6.07) is 12.9. The summed E-state index contributed by atoms with van der Waals surface area (Å²) in [5.74, 6) is 0.0986. The lowest BCUT2D eigenvalue weighted by Gasteiger charge is -2.43. The van der Waals surface area contributed by atoms with Crippen molar-refractivity contribution in [1.29, 1.82) is 0 Å². The molecule has 1 heterocycles. The van der Waals surface area contributed by atoms with Crippen molar-refractivity contribution in [3.8, 4) is 17.1 Å². The van der Waals surface area contributed by atoms with Gasteiger partial charge in [0.2, 0.25) is 0 Å². The van der Waals surface area contributed by atoms with Crippen LogP contribution in [0, 0.1) is 0 Å². The maximum atomic E-state index is 12.6. The van der Waals surface area contributed by atoms with Gasteiger partial charge in [-0.25, -0.2) is 14.8 Å². The Morgan fingerprint density at radius 2 is 1.78 bits per heavy atom. The van der Waals surface area contributed by atoms with Gasteiger partial charge in [-0.05, 0) is 69.9 Å². The first kappa shape index (κ1) is 26.1. The molecule has 1 aromatic heterocycles. The van der Waals surface area contributed by atoms with E-state index in [0.717, 1.165) is 24.8 Å². The Labute approximate surface area is 212 Å². The van der Waals surface area contributed by atoms with E-state index in [9.17, 15) is 18.0 Å². The van der Waals surface area contributed by atoms with Crippen molar-refractivity contribution in [3.05, 3.63) is 60.3 Å². The van der Waals surface area contributed by atoms with E-state index in [1.165, 1.54) is 24.4 Å². The summed E-state index contributed by atoms with van der Waals surface area (Å²) >= 11 is 0. The maximum absolute atomic E-state index is 12.6. The van der Waals surface area contributed by atoms with E-state index in [4.69, 9.17) is 10.5 Å². The molecule has 0 bridgehead atoms. The van der Waals surface area contributed by atoms with Gasteiger partial charge < -0.3 is 25.8 Å². The molecule has 196 valence electrons. The van der Waals surface area contributed by atoms with Crippen molar-refractivity contribution < 1.29 is 27.4 Å². The predicted octanol–water partition coefficient (Wildman–Crippen LogP) is 6.27. The number of amides is 1. The zero-order valence-electron chi connectivity index (χ0n) is 20.6. The number of hydrogen-bond donors (Lipinski definition) is 3. The number of alkyl carbamates (subject to hydrolysis) is 1. The summed E-state index contributed by atoms with van der Waals surface area (Å²) in [5.41, 5.74) is 7.20. The maximum Gasteiger partial charge on any atom is 0.573 e. The van der Waals surface area contributed by atoms with E-state index >= 15 is 0 Å². The van der Waals surface area contributed by atoms with Gasteiger partial charge in [0.1, 0.15) is 11.4 Å². The minimum absolute atomic E-state index is 0.177. The third-order valence-electron chi connectivity index (χ3n) is 5.79. The second kappa shape index (κ2) is 9.79. The molecule has 3 aromatic rings. The number of alkyl halides is 3. The number of nitrogens with two attached hydrogens (primary N) is 1. The fraction of sp³-hybridized carbons (Fsp3) is 0.346. The monoisotopic (exact) mass is 515 g/mol. The summed E-state index contributed by atoms with van der Waals surface area (Å²) < 4.78 is 47.2. The molecule has 1 fully saturated rings. The van der Waals surface area contributed by atoms with E-state index in [2.05, 4.69) is 25.3 Å². The molecule has 0 aliphatic heterocycles. The van der Waals surface area contributed by atoms with E-state index in [0.29, 0.717) is 17.1 Å². The average molecular weight is 516 g/mol. The molecular formula is C26H28F3N5O3. The number of rotatable bonds is 6. The second-order valence-corrected chi connectivity index (χ2v) is 9.84. The molecule has 4 rings (SSSR count). The number of nitrogens with one attached hydrogen (secondary N) is 2. The Hall–Kier alpha value is -4.02. The van der Waals surface area contributed by atoms with Gasteiger partial charge in [0.05, 0.1) is 17.4 Å². The highest BCUT2D eigenvalue weighted by atomic mass is 19.4. The van der Waals surface area contributed by atoms with Crippen LogP contribution in [-0.4, -0.2) is 28.0 Å². The van der Waals surface area contributed by atoms with Gasteiger partial charge >= 0.3 is 12.5 Å². The summed E-state index contributed by atoms with van der Waals surface area (Å²) in [7, 11) is 0. The topological polar surface area (TPSA) is 111 Å². The summed E-state index contributed by atoms with van der Waals surface area (Å²) in [4.78, 5) is 20.9. The van der Waals surface area contributed by atoms with Crippen LogP contribution in [0.25, 0.3) is 11.4 Å². The molecule has 1 saturated carbocycles. The molecule has 37 heavy (non-hydrogen) atoms. The normalized spacial score (nSPS) is 14.9. The standard InChI is InChI=1S/C26H28F3N5O3/c1-24(2,3)37-23(35)34-25(12-5-13-25)17-8-10-18(11-9-17)32-22-20(30)15-31-21(33-22)16-6-4-7-19(14-16)36-26(27,28)29/h4,6-11,14-15H,5,12-13,30H2,1-3H3,(H,34,35)(H,31,32,33). The van der Waals surface area contributed by atoms with Gasteiger partial charge in [0, 0.05) is 11.3 Å². The SMILES string of the molecule is CC(C)(C)OC(=O)NC1(c2ccc(Nc3nc(-c4cccc(OC(F)(F)F)c4)ncc3N)cc2)CCC1. The van der Waals surface area contributed by atoms with Crippen LogP contribution in [0.15, 0.2) is 54.7 Å². The van der Waals surface area contributed by atoms with Gasteiger partial charge in [-0.2, -0.15) is 0 Å².